The van der Waals surface area contributed by atoms with Gasteiger partial charge in [-0.15, -0.1) is 0 Å². The van der Waals surface area contributed by atoms with E-state index in [0.717, 1.165) is 33.7 Å². The van der Waals surface area contributed by atoms with Crippen LogP contribution >= 0.6 is 0 Å². The predicted molar refractivity (Wildman–Crippen MR) is 205 cm³/mol. The Kier molecular flexibility index (Phi) is 6.18. The van der Waals surface area contributed by atoms with Crippen molar-refractivity contribution in [1.29, 1.82) is 0 Å². The van der Waals surface area contributed by atoms with Gasteiger partial charge < -0.3 is 0 Å². The zero-order valence-electron chi connectivity index (χ0n) is 26.6. The highest BCUT2D eigenvalue weighted by Gasteiger charge is 2.18. The van der Waals surface area contributed by atoms with Gasteiger partial charge in [0.1, 0.15) is 5.82 Å². The molecule has 3 nitrogen and oxygen atoms in total. The molecular formula is C46H29N3. The van der Waals surface area contributed by atoms with Crippen molar-refractivity contribution in [2.24, 2.45) is 0 Å². The van der Waals surface area contributed by atoms with Crippen molar-refractivity contribution in [2.45, 2.75) is 0 Å². The highest BCUT2D eigenvalue weighted by Crippen LogP contribution is 2.39. The summed E-state index contributed by atoms with van der Waals surface area (Å²) in [6.45, 7) is 0. The van der Waals surface area contributed by atoms with Crippen LogP contribution in [0.2, 0.25) is 0 Å². The summed E-state index contributed by atoms with van der Waals surface area (Å²) >= 11 is 0. The predicted octanol–water partition coefficient (Wildman–Crippen LogP) is 12.0. The van der Waals surface area contributed by atoms with E-state index in [-0.39, 0.29) is 0 Å². The minimum atomic E-state index is 0.705. The van der Waals surface area contributed by atoms with Crippen LogP contribution < -0.4 is 0 Å². The van der Waals surface area contributed by atoms with E-state index in [1.165, 1.54) is 54.2 Å². The summed E-state index contributed by atoms with van der Waals surface area (Å²) in [5.41, 5.74) is 7.61. The molecule has 2 heterocycles. The van der Waals surface area contributed by atoms with Gasteiger partial charge in [-0.2, -0.15) is 0 Å². The van der Waals surface area contributed by atoms with Crippen molar-refractivity contribution in [3.05, 3.63) is 176 Å². The van der Waals surface area contributed by atoms with Gasteiger partial charge >= 0.3 is 0 Å². The smallest absolute Gasteiger partial charge is 0.162 e. The molecule has 10 aromatic rings. The molecule has 0 aliphatic heterocycles. The summed E-state index contributed by atoms with van der Waals surface area (Å²) < 4.78 is 2.30. The maximum absolute atomic E-state index is 5.20. The fourth-order valence-electron chi connectivity index (χ4n) is 7.44. The van der Waals surface area contributed by atoms with Crippen LogP contribution in [0.4, 0.5) is 0 Å². The van der Waals surface area contributed by atoms with Gasteiger partial charge in [-0.3, -0.25) is 4.57 Å². The van der Waals surface area contributed by atoms with Gasteiger partial charge in [0.15, 0.2) is 5.82 Å². The third kappa shape index (κ3) is 4.51. The van der Waals surface area contributed by atoms with E-state index in [1.807, 2.05) is 24.3 Å². The maximum atomic E-state index is 5.20. The summed E-state index contributed by atoms with van der Waals surface area (Å²) in [5, 5.41) is 9.97. The number of para-hydroxylation sites is 1. The zero-order valence-corrected chi connectivity index (χ0v) is 26.6. The van der Waals surface area contributed by atoms with E-state index in [9.17, 15) is 0 Å². The Labute approximate surface area is 283 Å². The summed E-state index contributed by atoms with van der Waals surface area (Å²) in [6.07, 6.45) is 0. The second kappa shape index (κ2) is 11.0. The molecule has 0 bridgehead atoms. The number of rotatable bonds is 4. The van der Waals surface area contributed by atoms with Crippen LogP contribution in [0.25, 0.3) is 93.7 Å². The zero-order chi connectivity index (χ0) is 32.3. The average molecular weight is 624 g/mol. The highest BCUT2D eigenvalue weighted by atomic mass is 15.1. The lowest BCUT2D eigenvalue weighted by Crippen LogP contribution is -2.02. The number of hydrogen-bond donors (Lipinski definition) is 0. The van der Waals surface area contributed by atoms with E-state index in [4.69, 9.17) is 9.97 Å². The number of aromatic nitrogens is 3. The summed E-state index contributed by atoms with van der Waals surface area (Å²) in [5.74, 6) is 1.55. The Morgan fingerprint density at radius 2 is 0.939 bits per heavy atom. The van der Waals surface area contributed by atoms with Crippen LogP contribution in [-0.4, -0.2) is 14.5 Å². The van der Waals surface area contributed by atoms with Crippen molar-refractivity contribution in [2.75, 3.05) is 0 Å². The van der Waals surface area contributed by atoms with E-state index in [1.54, 1.807) is 0 Å². The van der Waals surface area contributed by atoms with E-state index >= 15 is 0 Å². The van der Waals surface area contributed by atoms with Crippen molar-refractivity contribution < 1.29 is 0 Å². The second-order valence-electron chi connectivity index (χ2n) is 12.6. The Morgan fingerprint density at radius 3 is 1.73 bits per heavy atom. The molecular weight excluding hydrogens is 595 g/mol. The molecule has 0 amide bonds. The molecule has 0 N–H and O–H groups in total. The van der Waals surface area contributed by atoms with Gasteiger partial charge in [0.25, 0.3) is 0 Å². The van der Waals surface area contributed by atoms with Gasteiger partial charge in [-0.1, -0.05) is 146 Å². The van der Waals surface area contributed by atoms with Crippen molar-refractivity contribution in [1.82, 2.24) is 14.5 Å². The summed E-state index contributed by atoms with van der Waals surface area (Å²) in [6, 6.07) is 62.7. The molecule has 0 spiro atoms. The Bertz CT molecular complexity index is 2810. The first-order chi connectivity index (χ1) is 24.3. The lowest BCUT2D eigenvalue weighted by atomic mass is 9.95. The largest absolute Gasteiger partial charge is 0.294 e. The van der Waals surface area contributed by atoms with E-state index in [0.29, 0.717) is 5.82 Å². The Morgan fingerprint density at radius 1 is 0.347 bits per heavy atom. The van der Waals surface area contributed by atoms with Crippen molar-refractivity contribution in [3.8, 4) is 39.6 Å². The number of nitrogens with zero attached hydrogens (tertiary/aromatic N) is 3. The fourth-order valence-corrected chi connectivity index (χ4v) is 7.44. The van der Waals surface area contributed by atoms with Crippen LogP contribution in [0.15, 0.2) is 176 Å². The topological polar surface area (TPSA) is 30.7 Å². The molecule has 2 aromatic heterocycles. The summed E-state index contributed by atoms with van der Waals surface area (Å²) in [4.78, 5) is 10.2. The molecule has 0 fully saturated rings. The summed E-state index contributed by atoms with van der Waals surface area (Å²) in [7, 11) is 0. The molecule has 3 heteroatoms. The lowest BCUT2D eigenvalue weighted by molar-refractivity contribution is 1.05. The van der Waals surface area contributed by atoms with Crippen LogP contribution in [0.1, 0.15) is 0 Å². The van der Waals surface area contributed by atoms with Crippen molar-refractivity contribution >= 4 is 54.1 Å². The molecule has 0 radical (unpaired) electrons. The minimum absolute atomic E-state index is 0.705. The Balaban J connectivity index is 1.17. The Hall–Kier alpha value is -6.58. The first-order valence-corrected chi connectivity index (χ1v) is 16.7. The molecule has 49 heavy (non-hydrogen) atoms. The first-order valence-electron chi connectivity index (χ1n) is 16.7. The molecule has 8 aromatic carbocycles. The monoisotopic (exact) mass is 623 g/mol. The first kappa shape index (κ1) is 27.5. The fraction of sp³-hybridized carbons (Fsp3) is 0. The molecule has 0 unspecified atom stereocenters. The lowest BCUT2D eigenvalue weighted by Gasteiger charge is -2.12. The average Bonchev–Trinajstić information content (AvgIpc) is 3.53. The van der Waals surface area contributed by atoms with Gasteiger partial charge in [0, 0.05) is 28.0 Å². The standard InChI is InChI=1S/C46H29N3/c1-3-12-31(13-4-1)41-29-44(48-46(47-41)32-14-5-2-6-15-32)49-42-18-10-9-17-40(42)45-39-25-22-34(28-36(39)23-26-43(45)49)33-21-24-38-35(27-33)20-19-30-11-7-8-16-37(30)38/h1-29H. The molecule has 0 saturated heterocycles. The molecule has 10 rings (SSSR count). The SMILES string of the molecule is c1ccc(-c2cc(-n3c4ccccc4c4c5ccc(-c6ccc7c(ccc8ccccc87)c6)cc5ccc43)nc(-c3ccccc3)n2)cc1. The van der Waals surface area contributed by atoms with Gasteiger partial charge in [0.05, 0.1) is 16.7 Å². The van der Waals surface area contributed by atoms with Crippen LogP contribution in [-0.2, 0) is 0 Å². The van der Waals surface area contributed by atoms with E-state index in [2.05, 4.69) is 156 Å². The van der Waals surface area contributed by atoms with Crippen molar-refractivity contribution in [3.63, 3.8) is 0 Å². The number of benzene rings is 8. The molecule has 228 valence electrons. The van der Waals surface area contributed by atoms with Gasteiger partial charge in [-0.25, -0.2) is 9.97 Å². The number of hydrogen-bond acceptors (Lipinski definition) is 2. The molecule has 0 aliphatic carbocycles. The van der Waals surface area contributed by atoms with Crippen LogP contribution in [0.3, 0.4) is 0 Å². The van der Waals surface area contributed by atoms with Crippen LogP contribution in [0.5, 0.6) is 0 Å². The third-order valence-corrected chi connectivity index (χ3v) is 9.77. The van der Waals surface area contributed by atoms with Crippen LogP contribution in [0, 0.1) is 0 Å². The molecule has 0 saturated carbocycles. The van der Waals surface area contributed by atoms with Gasteiger partial charge in [-0.05, 0) is 67.7 Å². The highest BCUT2D eigenvalue weighted by molar-refractivity contribution is 6.21. The molecule has 0 aliphatic rings. The minimum Gasteiger partial charge on any atom is -0.294 e. The normalized spacial score (nSPS) is 11.7. The number of fused-ring (bicyclic) bond motifs is 8. The van der Waals surface area contributed by atoms with Gasteiger partial charge in [0.2, 0.25) is 0 Å². The second-order valence-corrected chi connectivity index (χ2v) is 12.6. The quantitative estimate of drug-likeness (QED) is 0.183. The van der Waals surface area contributed by atoms with E-state index < -0.39 is 0 Å². The molecule has 0 atom stereocenters. The third-order valence-electron chi connectivity index (χ3n) is 9.77. The maximum Gasteiger partial charge on any atom is 0.162 e.